The molecule has 0 atom stereocenters. The van der Waals surface area contributed by atoms with Crippen LogP contribution in [0.25, 0.3) is 11.4 Å². The van der Waals surface area contributed by atoms with E-state index in [1.807, 2.05) is 24.3 Å². The summed E-state index contributed by atoms with van der Waals surface area (Å²) in [5, 5.41) is 9.75. The van der Waals surface area contributed by atoms with Crippen LogP contribution in [-0.4, -0.2) is 21.9 Å². The summed E-state index contributed by atoms with van der Waals surface area (Å²) in [6, 6.07) is 16.4. The number of aromatic nitrogens is 3. The van der Waals surface area contributed by atoms with Crippen LogP contribution in [-0.2, 0) is 12.3 Å². The third-order valence-corrected chi connectivity index (χ3v) is 4.99. The van der Waals surface area contributed by atoms with Crippen LogP contribution in [0, 0.1) is 6.92 Å². The first-order valence-electron chi connectivity index (χ1n) is 7.98. The molecule has 124 valence electrons. The van der Waals surface area contributed by atoms with Gasteiger partial charge >= 0.3 is 0 Å². The number of ether oxygens (including phenoxy) is 1. The second-order valence-electron chi connectivity index (χ2n) is 5.50. The molecule has 3 rings (SSSR count). The van der Waals surface area contributed by atoms with Crippen LogP contribution < -0.4 is 4.74 Å². The predicted molar refractivity (Wildman–Crippen MR) is 98.4 cm³/mol. The average Bonchev–Trinajstić information content (AvgIpc) is 3.04. The molecule has 5 heteroatoms. The monoisotopic (exact) mass is 339 g/mol. The largest absolute Gasteiger partial charge is 0.497 e. The van der Waals surface area contributed by atoms with Gasteiger partial charge < -0.3 is 9.30 Å². The molecule has 2 aromatic carbocycles. The van der Waals surface area contributed by atoms with Gasteiger partial charge in [-0.3, -0.25) is 0 Å². The van der Waals surface area contributed by atoms with Gasteiger partial charge in [0.15, 0.2) is 11.0 Å². The number of aryl methyl sites for hydroxylation is 1. The summed E-state index contributed by atoms with van der Waals surface area (Å²) < 4.78 is 7.46. The summed E-state index contributed by atoms with van der Waals surface area (Å²) in [5.74, 6) is 2.60. The fourth-order valence-electron chi connectivity index (χ4n) is 2.57. The van der Waals surface area contributed by atoms with Crippen molar-refractivity contribution in [2.45, 2.75) is 31.3 Å². The molecule has 24 heavy (non-hydrogen) atoms. The van der Waals surface area contributed by atoms with Gasteiger partial charge in [-0.05, 0) is 37.1 Å². The summed E-state index contributed by atoms with van der Waals surface area (Å²) in [7, 11) is 1.67. The molecule has 0 aliphatic heterocycles. The maximum absolute atomic E-state index is 5.31. The molecule has 3 aromatic rings. The maximum atomic E-state index is 5.31. The highest BCUT2D eigenvalue weighted by atomic mass is 32.2. The molecule has 4 nitrogen and oxygen atoms in total. The Hall–Kier alpha value is -2.27. The first kappa shape index (κ1) is 16.6. The van der Waals surface area contributed by atoms with Gasteiger partial charge in [-0.25, -0.2) is 0 Å². The Morgan fingerprint density at radius 1 is 1.08 bits per heavy atom. The summed E-state index contributed by atoms with van der Waals surface area (Å²) in [5.41, 5.74) is 3.66. The molecule has 0 fully saturated rings. The van der Waals surface area contributed by atoms with Crippen molar-refractivity contribution in [2.24, 2.45) is 0 Å². The van der Waals surface area contributed by atoms with E-state index in [4.69, 9.17) is 4.74 Å². The smallest absolute Gasteiger partial charge is 0.191 e. The van der Waals surface area contributed by atoms with E-state index in [0.717, 1.165) is 34.6 Å². The van der Waals surface area contributed by atoms with Crippen molar-refractivity contribution in [3.05, 3.63) is 59.7 Å². The van der Waals surface area contributed by atoms with E-state index in [1.165, 1.54) is 11.1 Å². The summed E-state index contributed by atoms with van der Waals surface area (Å²) >= 11 is 1.72. The van der Waals surface area contributed by atoms with Crippen LogP contribution in [0.5, 0.6) is 5.75 Å². The van der Waals surface area contributed by atoms with Crippen LogP contribution >= 0.6 is 11.8 Å². The Labute approximate surface area is 146 Å². The van der Waals surface area contributed by atoms with Gasteiger partial charge in [0.1, 0.15) is 5.75 Å². The van der Waals surface area contributed by atoms with Gasteiger partial charge in [0, 0.05) is 17.9 Å². The van der Waals surface area contributed by atoms with E-state index in [1.54, 1.807) is 18.9 Å². The summed E-state index contributed by atoms with van der Waals surface area (Å²) in [4.78, 5) is 0. The topological polar surface area (TPSA) is 39.9 Å². The lowest BCUT2D eigenvalue weighted by Crippen LogP contribution is -2.00. The van der Waals surface area contributed by atoms with E-state index >= 15 is 0 Å². The normalized spacial score (nSPS) is 10.8. The van der Waals surface area contributed by atoms with E-state index < -0.39 is 0 Å². The third kappa shape index (κ3) is 3.46. The van der Waals surface area contributed by atoms with Crippen molar-refractivity contribution in [1.29, 1.82) is 0 Å². The van der Waals surface area contributed by atoms with Gasteiger partial charge in [-0.2, -0.15) is 0 Å². The highest BCUT2D eigenvalue weighted by molar-refractivity contribution is 7.98. The van der Waals surface area contributed by atoms with Crippen molar-refractivity contribution in [3.8, 4) is 17.1 Å². The van der Waals surface area contributed by atoms with Crippen LogP contribution in [0.15, 0.2) is 53.7 Å². The molecule has 0 radical (unpaired) electrons. The Morgan fingerprint density at radius 2 is 1.92 bits per heavy atom. The fraction of sp³-hybridized carbons (Fsp3) is 0.263. The predicted octanol–water partition coefficient (Wildman–Crippen LogP) is 4.57. The number of thioether (sulfide) groups is 1. The van der Waals surface area contributed by atoms with Crippen LogP contribution in [0.1, 0.15) is 18.1 Å². The van der Waals surface area contributed by atoms with Gasteiger partial charge in [-0.15, -0.1) is 10.2 Å². The Kier molecular flexibility index (Phi) is 5.20. The molecule has 0 bridgehead atoms. The zero-order chi connectivity index (χ0) is 16.9. The second-order valence-corrected chi connectivity index (χ2v) is 6.44. The molecule has 0 aliphatic carbocycles. The van der Waals surface area contributed by atoms with Crippen molar-refractivity contribution in [3.63, 3.8) is 0 Å². The summed E-state index contributed by atoms with van der Waals surface area (Å²) in [6.07, 6.45) is 0. The Morgan fingerprint density at radius 3 is 2.67 bits per heavy atom. The Balaban J connectivity index is 1.85. The molecule has 0 aliphatic rings. The molecule has 0 saturated heterocycles. The first-order chi connectivity index (χ1) is 11.7. The van der Waals surface area contributed by atoms with Crippen molar-refractivity contribution in [2.75, 3.05) is 7.11 Å². The quantitative estimate of drug-likeness (QED) is 0.617. The lowest BCUT2D eigenvalue weighted by molar-refractivity contribution is 0.415. The van der Waals surface area contributed by atoms with Crippen LogP contribution in [0.3, 0.4) is 0 Å². The highest BCUT2D eigenvalue weighted by Crippen LogP contribution is 2.28. The van der Waals surface area contributed by atoms with E-state index in [2.05, 4.69) is 52.9 Å². The number of hydrogen-bond donors (Lipinski definition) is 0. The van der Waals surface area contributed by atoms with Crippen LogP contribution in [0.2, 0.25) is 0 Å². The van der Waals surface area contributed by atoms with Gasteiger partial charge in [0.2, 0.25) is 0 Å². The molecule has 0 spiro atoms. The zero-order valence-electron chi connectivity index (χ0n) is 14.2. The molecule has 0 amide bonds. The van der Waals surface area contributed by atoms with Crippen molar-refractivity contribution in [1.82, 2.24) is 14.8 Å². The van der Waals surface area contributed by atoms with E-state index in [-0.39, 0.29) is 0 Å². The Bertz CT molecular complexity index is 829. The zero-order valence-corrected chi connectivity index (χ0v) is 15.0. The van der Waals surface area contributed by atoms with Gasteiger partial charge in [0.25, 0.3) is 0 Å². The lowest BCUT2D eigenvalue weighted by atomic mass is 10.1. The highest BCUT2D eigenvalue weighted by Gasteiger charge is 2.14. The first-order valence-corrected chi connectivity index (χ1v) is 8.96. The van der Waals surface area contributed by atoms with E-state index in [9.17, 15) is 0 Å². The standard InChI is InChI=1S/C19H21N3OS/c1-4-22-18(15-10-7-11-17(12-15)23-3)20-21-19(22)24-13-16-9-6-5-8-14(16)2/h5-12H,4,13H2,1-3H3. The minimum absolute atomic E-state index is 0.826. The molecule has 1 aromatic heterocycles. The van der Waals surface area contributed by atoms with Crippen molar-refractivity contribution >= 4 is 11.8 Å². The minimum Gasteiger partial charge on any atom is -0.497 e. The SMILES string of the molecule is CCn1c(SCc2ccccc2C)nnc1-c1cccc(OC)c1. The third-order valence-electron chi connectivity index (χ3n) is 3.98. The number of benzene rings is 2. The van der Waals surface area contributed by atoms with Gasteiger partial charge in [-0.1, -0.05) is 48.2 Å². The maximum Gasteiger partial charge on any atom is 0.191 e. The molecule has 0 saturated carbocycles. The van der Waals surface area contributed by atoms with Crippen molar-refractivity contribution < 1.29 is 4.74 Å². The van der Waals surface area contributed by atoms with Gasteiger partial charge in [0.05, 0.1) is 7.11 Å². The van der Waals surface area contributed by atoms with E-state index in [0.29, 0.717) is 0 Å². The molecule has 0 unspecified atom stereocenters. The number of rotatable bonds is 6. The molecule has 0 N–H and O–H groups in total. The molecule has 1 heterocycles. The lowest BCUT2D eigenvalue weighted by Gasteiger charge is -2.09. The number of nitrogens with zero attached hydrogens (tertiary/aromatic N) is 3. The fourth-order valence-corrected chi connectivity index (χ4v) is 3.65. The molecular weight excluding hydrogens is 318 g/mol. The van der Waals surface area contributed by atoms with Crippen LogP contribution in [0.4, 0.5) is 0 Å². The minimum atomic E-state index is 0.826. The second kappa shape index (κ2) is 7.53. The molecular formula is C19H21N3OS. The summed E-state index contributed by atoms with van der Waals surface area (Å²) in [6.45, 7) is 5.09. The average molecular weight is 339 g/mol. The number of methoxy groups -OCH3 is 1. The number of hydrogen-bond acceptors (Lipinski definition) is 4.